The fourth-order valence-corrected chi connectivity index (χ4v) is 3.47. The van der Waals surface area contributed by atoms with Gasteiger partial charge in [-0.15, -0.1) is 0 Å². The van der Waals surface area contributed by atoms with E-state index in [0.29, 0.717) is 6.04 Å². The quantitative estimate of drug-likeness (QED) is 0.704. The number of nitrogens with one attached hydrogen (secondary N) is 1. The highest BCUT2D eigenvalue weighted by Crippen LogP contribution is 2.34. The maximum Gasteiger partial charge on any atom is 0.101 e. The second-order valence-electron chi connectivity index (χ2n) is 4.38. The molecule has 1 aromatic heterocycles. The van der Waals surface area contributed by atoms with Crippen molar-refractivity contribution in [2.24, 2.45) is 0 Å². The fraction of sp³-hybridized carbons (Fsp3) is 0.267. The first-order chi connectivity index (χ1) is 9.60. The summed E-state index contributed by atoms with van der Waals surface area (Å²) in [6, 6.07) is 10.7. The summed E-state index contributed by atoms with van der Waals surface area (Å²) in [4.78, 5) is 5.66. The molecule has 2 aromatic rings. The molecule has 0 saturated carbocycles. The van der Waals surface area contributed by atoms with Crippen molar-refractivity contribution in [1.82, 2.24) is 10.3 Å². The van der Waals surface area contributed by atoms with E-state index in [1.165, 1.54) is 10.5 Å². The topological polar surface area (TPSA) is 24.9 Å². The molecule has 0 aliphatic carbocycles. The van der Waals surface area contributed by atoms with Crippen LogP contribution in [-0.2, 0) is 0 Å². The smallest absolute Gasteiger partial charge is 0.101 e. The first-order valence-corrected chi connectivity index (χ1v) is 8.82. The molecule has 1 heterocycles. The molecule has 2 nitrogen and oxygen atoms in total. The SMILES string of the molecule is CCNC(C)c1cc(Br)ccc1Sc1ccc(Br)cn1. The minimum absolute atomic E-state index is 0.315. The summed E-state index contributed by atoms with van der Waals surface area (Å²) in [6.07, 6.45) is 1.83. The summed E-state index contributed by atoms with van der Waals surface area (Å²) in [5, 5.41) is 4.46. The number of nitrogens with zero attached hydrogens (tertiary/aromatic N) is 1. The molecule has 20 heavy (non-hydrogen) atoms. The van der Waals surface area contributed by atoms with Crippen LogP contribution in [0, 0.1) is 0 Å². The van der Waals surface area contributed by atoms with E-state index in [-0.39, 0.29) is 0 Å². The lowest BCUT2D eigenvalue weighted by Gasteiger charge is -2.17. The zero-order valence-corrected chi connectivity index (χ0v) is 15.3. The summed E-state index contributed by atoms with van der Waals surface area (Å²) < 4.78 is 2.10. The van der Waals surface area contributed by atoms with Gasteiger partial charge in [0.1, 0.15) is 5.03 Å². The Morgan fingerprint density at radius 3 is 2.60 bits per heavy atom. The van der Waals surface area contributed by atoms with Gasteiger partial charge in [-0.25, -0.2) is 4.98 Å². The maximum absolute atomic E-state index is 4.43. The van der Waals surface area contributed by atoms with Crippen molar-refractivity contribution in [3.05, 3.63) is 51.0 Å². The second-order valence-corrected chi connectivity index (χ2v) is 7.27. The maximum atomic E-state index is 4.43. The number of hydrogen-bond acceptors (Lipinski definition) is 3. The Labute approximate surface area is 141 Å². The monoisotopic (exact) mass is 414 g/mol. The highest BCUT2D eigenvalue weighted by molar-refractivity contribution is 9.10. The molecule has 0 aliphatic rings. The third-order valence-corrected chi connectivity index (χ3v) is 4.87. The Balaban J connectivity index is 2.28. The number of halogens is 2. The van der Waals surface area contributed by atoms with Gasteiger partial charge < -0.3 is 5.32 Å². The molecule has 1 aromatic carbocycles. The Bertz CT molecular complexity index is 573. The van der Waals surface area contributed by atoms with Crippen LogP contribution in [-0.4, -0.2) is 11.5 Å². The third kappa shape index (κ3) is 4.32. The van der Waals surface area contributed by atoms with Gasteiger partial charge in [-0.1, -0.05) is 34.6 Å². The van der Waals surface area contributed by atoms with Crippen LogP contribution in [0.3, 0.4) is 0 Å². The largest absolute Gasteiger partial charge is 0.310 e. The van der Waals surface area contributed by atoms with Gasteiger partial charge in [-0.3, -0.25) is 0 Å². The molecule has 0 spiro atoms. The summed E-state index contributed by atoms with van der Waals surface area (Å²) >= 11 is 8.66. The van der Waals surface area contributed by atoms with Crippen molar-refractivity contribution in [3.63, 3.8) is 0 Å². The van der Waals surface area contributed by atoms with E-state index in [2.05, 4.69) is 74.2 Å². The van der Waals surface area contributed by atoms with E-state index in [0.717, 1.165) is 20.5 Å². The molecule has 1 N–H and O–H groups in total. The molecule has 0 aliphatic heterocycles. The van der Waals surface area contributed by atoms with E-state index in [9.17, 15) is 0 Å². The van der Waals surface area contributed by atoms with Crippen LogP contribution in [0.5, 0.6) is 0 Å². The Kier molecular flexibility index (Phi) is 6.08. The van der Waals surface area contributed by atoms with Crippen LogP contribution < -0.4 is 5.32 Å². The molecule has 106 valence electrons. The molecular formula is C15H16Br2N2S. The van der Waals surface area contributed by atoms with Crippen molar-refractivity contribution in [2.45, 2.75) is 29.8 Å². The van der Waals surface area contributed by atoms with E-state index in [1.54, 1.807) is 11.8 Å². The van der Waals surface area contributed by atoms with Gasteiger partial charge in [0.05, 0.1) is 0 Å². The predicted molar refractivity (Wildman–Crippen MR) is 92.3 cm³/mol. The molecule has 0 amide bonds. The molecule has 5 heteroatoms. The summed E-state index contributed by atoms with van der Waals surface area (Å²) in [5.41, 5.74) is 1.29. The van der Waals surface area contributed by atoms with Gasteiger partial charge in [-0.05, 0) is 65.3 Å². The number of benzene rings is 1. The summed E-state index contributed by atoms with van der Waals surface area (Å²) in [7, 11) is 0. The molecular weight excluding hydrogens is 400 g/mol. The zero-order chi connectivity index (χ0) is 14.5. The van der Waals surface area contributed by atoms with Gasteiger partial charge >= 0.3 is 0 Å². The van der Waals surface area contributed by atoms with Crippen molar-refractivity contribution >= 4 is 43.6 Å². The van der Waals surface area contributed by atoms with Crippen LogP contribution in [0.1, 0.15) is 25.5 Å². The third-order valence-electron chi connectivity index (χ3n) is 2.86. The number of hydrogen-bond donors (Lipinski definition) is 1. The zero-order valence-electron chi connectivity index (χ0n) is 11.4. The molecule has 0 radical (unpaired) electrons. The Hall–Kier alpha value is -0.360. The molecule has 1 atom stereocenters. The van der Waals surface area contributed by atoms with Gasteiger partial charge in [0.15, 0.2) is 0 Å². The number of rotatable bonds is 5. The average molecular weight is 416 g/mol. The van der Waals surface area contributed by atoms with Crippen molar-refractivity contribution in [2.75, 3.05) is 6.54 Å². The van der Waals surface area contributed by atoms with Crippen LogP contribution >= 0.6 is 43.6 Å². The Morgan fingerprint density at radius 2 is 1.95 bits per heavy atom. The lowest BCUT2D eigenvalue weighted by molar-refractivity contribution is 0.589. The van der Waals surface area contributed by atoms with Crippen LogP contribution in [0.15, 0.2) is 55.4 Å². The highest BCUT2D eigenvalue weighted by Gasteiger charge is 2.12. The second kappa shape index (κ2) is 7.59. The summed E-state index contributed by atoms with van der Waals surface area (Å²) in [5.74, 6) is 0. The fourth-order valence-electron chi connectivity index (χ4n) is 1.90. The first kappa shape index (κ1) is 16.0. The highest BCUT2D eigenvalue weighted by atomic mass is 79.9. The normalized spacial score (nSPS) is 12.4. The van der Waals surface area contributed by atoms with Gasteiger partial charge in [0.25, 0.3) is 0 Å². The van der Waals surface area contributed by atoms with Crippen LogP contribution in [0.25, 0.3) is 0 Å². The average Bonchev–Trinajstić information content (AvgIpc) is 2.43. The molecule has 0 saturated heterocycles. The van der Waals surface area contributed by atoms with E-state index in [1.807, 2.05) is 18.3 Å². The standard InChI is InChI=1S/C15H16Br2N2S/c1-3-18-10(2)13-8-11(16)4-6-14(13)20-15-7-5-12(17)9-19-15/h4-10,18H,3H2,1-2H3. The minimum Gasteiger partial charge on any atom is -0.310 e. The van der Waals surface area contributed by atoms with Crippen LogP contribution in [0.4, 0.5) is 0 Å². The van der Waals surface area contributed by atoms with Crippen LogP contribution in [0.2, 0.25) is 0 Å². The number of aromatic nitrogens is 1. The lowest BCUT2D eigenvalue weighted by atomic mass is 10.1. The summed E-state index contributed by atoms with van der Waals surface area (Å²) in [6.45, 7) is 5.26. The van der Waals surface area contributed by atoms with E-state index >= 15 is 0 Å². The minimum atomic E-state index is 0.315. The molecule has 0 bridgehead atoms. The van der Waals surface area contributed by atoms with E-state index < -0.39 is 0 Å². The molecule has 1 unspecified atom stereocenters. The van der Waals surface area contributed by atoms with Crippen molar-refractivity contribution < 1.29 is 0 Å². The van der Waals surface area contributed by atoms with Crippen molar-refractivity contribution in [3.8, 4) is 0 Å². The van der Waals surface area contributed by atoms with E-state index in [4.69, 9.17) is 0 Å². The lowest BCUT2D eigenvalue weighted by Crippen LogP contribution is -2.18. The van der Waals surface area contributed by atoms with Gasteiger partial charge in [0, 0.05) is 26.1 Å². The van der Waals surface area contributed by atoms with Gasteiger partial charge in [-0.2, -0.15) is 0 Å². The van der Waals surface area contributed by atoms with Crippen molar-refractivity contribution in [1.29, 1.82) is 0 Å². The van der Waals surface area contributed by atoms with Gasteiger partial charge in [0.2, 0.25) is 0 Å². The Morgan fingerprint density at radius 1 is 1.20 bits per heavy atom. The predicted octanol–water partition coefficient (Wildman–Crippen LogP) is 5.43. The molecule has 2 rings (SSSR count). The number of pyridine rings is 1. The molecule has 0 fully saturated rings. The first-order valence-electron chi connectivity index (χ1n) is 6.42.